The molecular weight excluding hydrogens is 374 g/mol. The van der Waals surface area contributed by atoms with Crippen molar-refractivity contribution < 1.29 is 9.59 Å². The van der Waals surface area contributed by atoms with Crippen molar-refractivity contribution in [2.24, 2.45) is 28.6 Å². The van der Waals surface area contributed by atoms with Crippen molar-refractivity contribution in [3.05, 3.63) is 35.9 Å². The third kappa shape index (κ3) is 2.97. The van der Waals surface area contributed by atoms with Crippen LogP contribution in [0.25, 0.3) is 0 Å². The van der Waals surface area contributed by atoms with Crippen LogP contribution in [-0.4, -0.2) is 17.9 Å². The highest BCUT2D eigenvalue weighted by Gasteiger charge is 2.58. The maximum Gasteiger partial charge on any atom is 0.260 e. The summed E-state index contributed by atoms with van der Waals surface area (Å²) in [5.74, 6) is 1.44. The van der Waals surface area contributed by atoms with Gasteiger partial charge < -0.3 is 16.4 Å². The first-order chi connectivity index (χ1) is 14.3. The zero-order valence-corrected chi connectivity index (χ0v) is 18.0. The highest BCUT2D eigenvalue weighted by atomic mass is 16.2. The molecule has 30 heavy (non-hydrogen) atoms. The van der Waals surface area contributed by atoms with E-state index in [1.54, 1.807) is 24.3 Å². The lowest BCUT2D eigenvalue weighted by Gasteiger charge is -2.58. The molecule has 1 unspecified atom stereocenters. The molecule has 6 atom stereocenters. The summed E-state index contributed by atoms with van der Waals surface area (Å²) in [7, 11) is 0. The Morgan fingerprint density at radius 2 is 1.97 bits per heavy atom. The molecule has 4 N–H and O–H groups in total. The van der Waals surface area contributed by atoms with Gasteiger partial charge in [-0.3, -0.25) is 9.59 Å². The normalized spacial score (nSPS) is 39.8. The van der Waals surface area contributed by atoms with Crippen LogP contribution in [0, 0.1) is 28.6 Å². The second-order valence-corrected chi connectivity index (χ2v) is 10.6. The van der Waals surface area contributed by atoms with Crippen LogP contribution in [0.5, 0.6) is 0 Å². The predicted molar refractivity (Wildman–Crippen MR) is 119 cm³/mol. The van der Waals surface area contributed by atoms with Gasteiger partial charge in [0.2, 0.25) is 0 Å². The molecule has 0 saturated heterocycles. The van der Waals surface area contributed by atoms with E-state index in [1.165, 1.54) is 38.5 Å². The van der Waals surface area contributed by atoms with Crippen molar-refractivity contribution in [2.45, 2.75) is 64.8 Å². The lowest BCUT2D eigenvalue weighted by molar-refractivity contribution is -0.126. The fourth-order valence-electron chi connectivity index (χ4n) is 7.42. The highest BCUT2D eigenvalue weighted by molar-refractivity contribution is 6.23. The van der Waals surface area contributed by atoms with E-state index >= 15 is 0 Å². The molecule has 5 heteroatoms. The molecule has 0 radical (unpaired) electrons. The highest BCUT2D eigenvalue weighted by Crippen LogP contribution is 2.63. The third-order valence-corrected chi connectivity index (χ3v) is 8.95. The number of carbonyl (C=O) groups excluding carboxylic acids is 2. The van der Waals surface area contributed by atoms with Crippen LogP contribution in [0.4, 0.5) is 11.4 Å². The van der Waals surface area contributed by atoms with E-state index in [-0.39, 0.29) is 28.8 Å². The van der Waals surface area contributed by atoms with Crippen LogP contribution in [0.2, 0.25) is 0 Å². The fourth-order valence-corrected chi connectivity index (χ4v) is 7.42. The molecule has 0 aromatic heterocycles. The molecule has 4 aliphatic rings. The Bertz CT molecular complexity index is 925. The minimum atomic E-state index is -0.346. The zero-order chi connectivity index (χ0) is 21.1. The molecule has 3 aliphatic carbocycles. The number of nitrogens with two attached hydrogens (primary N) is 1. The number of rotatable bonds is 2. The van der Waals surface area contributed by atoms with Crippen molar-refractivity contribution >= 4 is 23.2 Å². The van der Waals surface area contributed by atoms with Crippen LogP contribution in [0.3, 0.4) is 0 Å². The lowest BCUT2D eigenvalue weighted by Crippen LogP contribution is -2.60. The second-order valence-electron chi connectivity index (χ2n) is 10.6. The maximum absolute atomic E-state index is 13.0. The average molecular weight is 408 g/mol. The third-order valence-electron chi connectivity index (χ3n) is 8.95. The van der Waals surface area contributed by atoms with Crippen molar-refractivity contribution in [1.82, 2.24) is 5.32 Å². The van der Waals surface area contributed by atoms with Crippen LogP contribution in [-0.2, 0) is 9.59 Å². The van der Waals surface area contributed by atoms with E-state index in [9.17, 15) is 9.59 Å². The first kappa shape index (κ1) is 19.7. The molecule has 3 fully saturated rings. The van der Waals surface area contributed by atoms with E-state index in [0.29, 0.717) is 28.6 Å². The van der Waals surface area contributed by atoms with Gasteiger partial charge in [0.1, 0.15) is 5.57 Å². The Labute approximate surface area is 178 Å². The molecule has 5 nitrogen and oxygen atoms in total. The number of amides is 2. The van der Waals surface area contributed by atoms with Gasteiger partial charge in [-0.2, -0.15) is 0 Å². The van der Waals surface area contributed by atoms with Gasteiger partial charge >= 0.3 is 0 Å². The minimum Gasteiger partial charge on any atom is -0.399 e. The largest absolute Gasteiger partial charge is 0.399 e. The molecule has 1 aromatic carbocycles. The van der Waals surface area contributed by atoms with E-state index in [2.05, 4.69) is 24.5 Å². The first-order valence-electron chi connectivity index (χ1n) is 11.5. The number of fused-ring (bicyclic) bond motifs is 5. The van der Waals surface area contributed by atoms with Gasteiger partial charge in [-0.15, -0.1) is 0 Å². The molecule has 0 bridgehead atoms. The molecule has 160 valence electrons. The standard InChI is InChI=1S/C25H33N3O2/c1-24-11-4-7-19(24)17-8-9-21-25(2,20(17)10-12-24)14-18(23(30)28-21)22(29)27-16-6-3-5-15(26)13-16/h3,5-6,13-14,17,19-21H,4,7-12,26H2,1-2H3,(H,27,29)(H,28,30)/t17-,19-,20+,21?,24-,25+/m0/s1. The Balaban J connectivity index is 1.45. The SMILES string of the molecule is C[C@@]12CCC[C@H]1[C@@H]1CCC3NC(=O)C(C(=O)Nc4cccc(N)c4)=C[C@]3(C)[C@@H]1CC2. The van der Waals surface area contributed by atoms with Crippen LogP contribution >= 0.6 is 0 Å². The average Bonchev–Trinajstić information content (AvgIpc) is 3.10. The first-order valence-corrected chi connectivity index (χ1v) is 11.5. The molecule has 1 heterocycles. The molecule has 1 aliphatic heterocycles. The van der Waals surface area contributed by atoms with E-state index in [0.717, 1.165) is 12.3 Å². The van der Waals surface area contributed by atoms with Crippen LogP contribution in [0.15, 0.2) is 35.9 Å². The molecule has 0 spiro atoms. The summed E-state index contributed by atoms with van der Waals surface area (Å²) >= 11 is 0. The van der Waals surface area contributed by atoms with Gasteiger partial charge in [-0.05, 0) is 79.9 Å². The van der Waals surface area contributed by atoms with Gasteiger partial charge in [0.05, 0.1) is 0 Å². The zero-order valence-electron chi connectivity index (χ0n) is 18.0. The summed E-state index contributed by atoms with van der Waals surface area (Å²) in [5.41, 5.74) is 7.61. The minimum absolute atomic E-state index is 0.126. The van der Waals surface area contributed by atoms with Crippen LogP contribution < -0.4 is 16.4 Å². The Kier molecular flexibility index (Phi) is 4.49. The Morgan fingerprint density at radius 3 is 2.77 bits per heavy atom. The van der Waals surface area contributed by atoms with Crippen molar-refractivity contribution in [2.75, 3.05) is 11.1 Å². The summed E-state index contributed by atoms with van der Waals surface area (Å²) in [5, 5.41) is 6.06. The monoisotopic (exact) mass is 407 g/mol. The number of hydrogen-bond acceptors (Lipinski definition) is 3. The number of nitrogen functional groups attached to an aromatic ring is 1. The van der Waals surface area contributed by atoms with Gasteiger partial charge in [0.25, 0.3) is 11.8 Å². The Morgan fingerprint density at radius 1 is 1.13 bits per heavy atom. The van der Waals surface area contributed by atoms with Crippen LogP contribution in [0.1, 0.15) is 58.8 Å². The lowest BCUT2D eigenvalue weighted by atomic mass is 9.48. The summed E-state index contributed by atoms with van der Waals surface area (Å²) < 4.78 is 0. The predicted octanol–water partition coefficient (Wildman–Crippen LogP) is 4.26. The topological polar surface area (TPSA) is 84.2 Å². The summed E-state index contributed by atoms with van der Waals surface area (Å²) in [4.78, 5) is 25.8. The van der Waals surface area contributed by atoms with E-state index in [1.807, 2.05) is 6.08 Å². The maximum atomic E-state index is 13.0. The number of hydrogen-bond donors (Lipinski definition) is 3. The van der Waals surface area contributed by atoms with Gasteiger partial charge in [-0.25, -0.2) is 0 Å². The molecule has 1 aromatic rings. The number of nitrogens with one attached hydrogen (secondary N) is 2. The Hall–Kier alpha value is -2.30. The van der Waals surface area contributed by atoms with Gasteiger partial charge in [0, 0.05) is 22.8 Å². The quantitative estimate of drug-likeness (QED) is 0.506. The molecular formula is C25H33N3O2. The number of benzene rings is 1. The molecule has 3 saturated carbocycles. The second kappa shape index (κ2) is 6.86. The molecule has 2 amide bonds. The van der Waals surface area contributed by atoms with Gasteiger partial charge in [0.15, 0.2) is 0 Å². The number of carbonyl (C=O) groups is 2. The van der Waals surface area contributed by atoms with E-state index < -0.39 is 0 Å². The summed E-state index contributed by atoms with van der Waals surface area (Å²) in [6, 6.07) is 7.20. The van der Waals surface area contributed by atoms with Crippen molar-refractivity contribution in [3.8, 4) is 0 Å². The van der Waals surface area contributed by atoms with Crippen molar-refractivity contribution in [1.29, 1.82) is 0 Å². The summed E-state index contributed by atoms with van der Waals surface area (Å²) in [6.45, 7) is 4.78. The van der Waals surface area contributed by atoms with Gasteiger partial charge in [-0.1, -0.05) is 32.4 Å². The smallest absolute Gasteiger partial charge is 0.260 e. The molecule has 5 rings (SSSR count). The fraction of sp³-hybridized carbons (Fsp3) is 0.600. The van der Waals surface area contributed by atoms with E-state index in [4.69, 9.17) is 5.73 Å². The van der Waals surface area contributed by atoms with Crippen molar-refractivity contribution in [3.63, 3.8) is 0 Å². The summed E-state index contributed by atoms with van der Waals surface area (Å²) in [6.07, 6.45) is 10.8. The number of anilines is 2.